The van der Waals surface area contributed by atoms with Gasteiger partial charge in [0.15, 0.2) is 0 Å². The molecule has 2 rings (SSSR count). The first-order chi connectivity index (χ1) is 9.10. The van der Waals surface area contributed by atoms with E-state index in [1.165, 1.54) is 12.1 Å². The van der Waals surface area contributed by atoms with Crippen LogP contribution in [0.5, 0.6) is 0 Å². The van der Waals surface area contributed by atoms with Crippen molar-refractivity contribution in [1.82, 2.24) is 0 Å². The van der Waals surface area contributed by atoms with Crippen molar-refractivity contribution in [3.63, 3.8) is 0 Å². The van der Waals surface area contributed by atoms with Crippen LogP contribution in [0.4, 0.5) is 10.1 Å². The highest BCUT2D eigenvalue weighted by molar-refractivity contribution is 9.10. The van der Waals surface area contributed by atoms with Crippen molar-refractivity contribution in [2.24, 2.45) is 5.73 Å². The highest BCUT2D eigenvalue weighted by atomic mass is 79.9. The lowest BCUT2D eigenvalue weighted by Crippen LogP contribution is -2.20. The van der Waals surface area contributed by atoms with Gasteiger partial charge in [-0.25, -0.2) is 4.39 Å². The maximum absolute atomic E-state index is 13.1. The number of rotatable bonds is 4. The highest BCUT2D eigenvalue weighted by Crippen LogP contribution is 2.27. The molecule has 0 aromatic heterocycles. The van der Waals surface area contributed by atoms with Gasteiger partial charge in [-0.2, -0.15) is 0 Å². The Labute approximate surface area is 124 Å². The molecule has 3 N–H and O–H groups in total. The molecular formula is C14H13BrClFN2. The average molecular weight is 344 g/mol. The topological polar surface area (TPSA) is 38.0 Å². The molecule has 0 aliphatic carbocycles. The van der Waals surface area contributed by atoms with Gasteiger partial charge in [-0.1, -0.05) is 23.7 Å². The minimum atomic E-state index is -0.280. The predicted octanol–water partition coefficient (Wildman–Crippen LogP) is 4.35. The number of nitrogens with one attached hydrogen (secondary N) is 1. The molecule has 0 bridgehead atoms. The SMILES string of the molecule is NCC(Nc1cccc(F)c1)c1ccc(Cl)c(Br)c1. The van der Waals surface area contributed by atoms with Gasteiger partial charge in [-0.15, -0.1) is 0 Å². The Kier molecular flexibility index (Phi) is 4.80. The third kappa shape index (κ3) is 3.69. The zero-order valence-electron chi connectivity index (χ0n) is 10.0. The van der Waals surface area contributed by atoms with E-state index in [-0.39, 0.29) is 11.9 Å². The van der Waals surface area contributed by atoms with Gasteiger partial charge < -0.3 is 11.1 Å². The Morgan fingerprint density at radius 1 is 1.26 bits per heavy atom. The Balaban J connectivity index is 2.22. The number of nitrogens with two attached hydrogens (primary N) is 1. The van der Waals surface area contributed by atoms with Crippen LogP contribution in [0.25, 0.3) is 0 Å². The molecule has 0 aliphatic rings. The van der Waals surface area contributed by atoms with E-state index < -0.39 is 0 Å². The number of hydrogen-bond acceptors (Lipinski definition) is 2. The minimum absolute atomic E-state index is 0.102. The minimum Gasteiger partial charge on any atom is -0.377 e. The number of anilines is 1. The fraction of sp³-hybridized carbons (Fsp3) is 0.143. The summed E-state index contributed by atoms with van der Waals surface area (Å²) in [5.41, 5.74) is 7.46. The molecule has 5 heteroatoms. The Hall–Kier alpha value is -1.10. The highest BCUT2D eigenvalue weighted by Gasteiger charge is 2.11. The second-order valence-corrected chi connectivity index (χ2v) is 5.38. The van der Waals surface area contributed by atoms with Crippen LogP contribution in [-0.4, -0.2) is 6.54 Å². The van der Waals surface area contributed by atoms with Crippen LogP contribution in [0, 0.1) is 5.82 Å². The lowest BCUT2D eigenvalue weighted by Gasteiger charge is -2.19. The van der Waals surface area contributed by atoms with Crippen LogP contribution in [0.3, 0.4) is 0 Å². The lowest BCUT2D eigenvalue weighted by atomic mass is 10.1. The van der Waals surface area contributed by atoms with Crippen molar-refractivity contribution in [3.8, 4) is 0 Å². The molecular weight excluding hydrogens is 331 g/mol. The molecule has 0 spiro atoms. The van der Waals surface area contributed by atoms with Gasteiger partial charge in [-0.3, -0.25) is 0 Å². The summed E-state index contributed by atoms with van der Waals surface area (Å²) in [5.74, 6) is -0.280. The maximum atomic E-state index is 13.1. The standard InChI is InChI=1S/C14H13BrClFN2/c15-12-6-9(4-5-13(12)16)14(8-18)19-11-3-1-2-10(17)7-11/h1-7,14,19H,8,18H2. The van der Waals surface area contributed by atoms with Crippen LogP contribution in [-0.2, 0) is 0 Å². The molecule has 2 nitrogen and oxygen atoms in total. The fourth-order valence-corrected chi connectivity index (χ4v) is 2.30. The van der Waals surface area contributed by atoms with Gasteiger partial charge >= 0.3 is 0 Å². The van der Waals surface area contributed by atoms with E-state index in [4.69, 9.17) is 17.3 Å². The normalized spacial score (nSPS) is 12.2. The van der Waals surface area contributed by atoms with Crippen molar-refractivity contribution < 1.29 is 4.39 Å². The predicted molar refractivity (Wildman–Crippen MR) is 81.0 cm³/mol. The van der Waals surface area contributed by atoms with E-state index in [2.05, 4.69) is 21.2 Å². The molecule has 0 heterocycles. The van der Waals surface area contributed by atoms with E-state index in [9.17, 15) is 4.39 Å². The summed E-state index contributed by atoms with van der Waals surface area (Å²) in [4.78, 5) is 0. The summed E-state index contributed by atoms with van der Waals surface area (Å²) < 4.78 is 14.0. The zero-order valence-corrected chi connectivity index (χ0v) is 12.4. The summed E-state index contributed by atoms with van der Waals surface area (Å²) in [6.45, 7) is 0.393. The van der Waals surface area contributed by atoms with E-state index in [1.807, 2.05) is 12.1 Å². The van der Waals surface area contributed by atoms with Gasteiger partial charge in [0.05, 0.1) is 11.1 Å². The Morgan fingerprint density at radius 2 is 2.05 bits per heavy atom. The van der Waals surface area contributed by atoms with Gasteiger partial charge in [0.2, 0.25) is 0 Å². The van der Waals surface area contributed by atoms with Crippen molar-refractivity contribution in [2.45, 2.75) is 6.04 Å². The lowest BCUT2D eigenvalue weighted by molar-refractivity contribution is 0.627. The zero-order chi connectivity index (χ0) is 13.8. The van der Waals surface area contributed by atoms with Gasteiger partial charge in [-0.05, 0) is 51.8 Å². The molecule has 0 amide bonds. The molecule has 0 radical (unpaired) electrons. The smallest absolute Gasteiger partial charge is 0.125 e. The third-order valence-electron chi connectivity index (χ3n) is 2.75. The van der Waals surface area contributed by atoms with Crippen molar-refractivity contribution in [3.05, 3.63) is 63.3 Å². The average Bonchev–Trinajstić information content (AvgIpc) is 2.39. The quantitative estimate of drug-likeness (QED) is 0.866. The van der Waals surface area contributed by atoms with Crippen molar-refractivity contribution in [1.29, 1.82) is 0 Å². The summed E-state index contributed by atoms with van der Waals surface area (Å²) in [7, 11) is 0. The molecule has 1 atom stereocenters. The summed E-state index contributed by atoms with van der Waals surface area (Å²) in [5, 5.41) is 3.85. The molecule has 0 fully saturated rings. The summed E-state index contributed by atoms with van der Waals surface area (Å²) in [6.07, 6.45) is 0. The first-order valence-electron chi connectivity index (χ1n) is 5.77. The molecule has 0 saturated heterocycles. The second kappa shape index (κ2) is 6.37. The molecule has 2 aromatic carbocycles. The van der Waals surface area contributed by atoms with E-state index >= 15 is 0 Å². The number of halogens is 3. The van der Waals surface area contributed by atoms with Gasteiger partial charge in [0, 0.05) is 16.7 Å². The number of benzene rings is 2. The van der Waals surface area contributed by atoms with Crippen LogP contribution < -0.4 is 11.1 Å². The van der Waals surface area contributed by atoms with E-state index in [0.717, 1.165) is 10.0 Å². The number of hydrogen-bond donors (Lipinski definition) is 2. The summed E-state index contributed by atoms with van der Waals surface area (Å²) in [6, 6.07) is 11.8. The first kappa shape index (κ1) is 14.3. The van der Waals surface area contributed by atoms with Crippen LogP contribution in [0.1, 0.15) is 11.6 Å². The molecule has 19 heavy (non-hydrogen) atoms. The summed E-state index contributed by atoms with van der Waals surface area (Å²) >= 11 is 9.34. The fourth-order valence-electron chi connectivity index (χ4n) is 1.79. The van der Waals surface area contributed by atoms with Crippen LogP contribution >= 0.6 is 27.5 Å². The monoisotopic (exact) mass is 342 g/mol. The van der Waals surface area contributed by atoms with Crippen molar-refractivity contribution >= 4 is 33.2 Å². The van der Waals surface area contributed by atoms with E-state index in [0.29, 0.717) is 17.3 Å². The van der Waals surface area contributed by atoms with Crippen LogP contribution in [0.2, 0.25) is 5.02 Å². The van der Waals surface area contributed by atoms with E-state index in [1.54, 1.807) is 18.2 Å². The second-order valence-electron chi connectivity index (χ2n) is 4.12. The molecule has 1 unspecified atom stereocenters. The molecule has 0 aliphatic heterocycles. The molecule has 0 saturated carbocycles. The molecule has 2 aromatic rings. The Bertz CT molecular complexity index is 577. The Morgan fingerprint density at radius 3 is 2.68 bits per heavy atom. The van der Waals surface area contributed by atoms with Crippen molar-refractivity contribution in [2.75, 3.05) is 11.9 Å². The van der Waals surface area contributed by atoms with Gasteiger partial charge in [0.1, 0.15) is 5.82 Å². The first-order valence-corrected chi connectivity index (χ1v) is 6.94. The largest absolute Gasteiger partial charge is 0.377 e. The third-order valence-corrected chi connectivity index (χ3v) is 3.96. The van der Waals surface area contributed by atoms with Crippen LogP contribution in [0.15, 0.2) is 46.9 Å². The molecule has 100 valence electrons. The maximum Gasteiger partial charge on any atom is 0.125 e. The van der Waals surface area contributed by atoms with Gasteiger partial charge in [0.25, 0.3) is 0 Å².